The Kier molecular flexibility index (Phi) is 6.60. The topological polar surface area (TPSA) is 174 Å². The van der Waals surface area contributed by atoms with Crippen LogP contribution in [0.3, 0.4) is 0 Å². The molecule has 3 aromatic rings. The molecule has 12 heteroatoms. The average Bonchev–Trinajstić information content (AvgIpc) is 3.24. The van der Waals surface area contributed by atoms with Crippen molar-refractivity contribution in [2.45, 2.75) is 18.9 Å². The van der Waals surface area contributed by atoms with E-state index >= 15 is 0 Å². The number of fused-ring (bicyclic) bond motifs is 1. The van der Waals surface area contributed by atoms with Crippen LogP contribution in [0.4, 0.5) is 17.5 Å². The first-order chi connectivity index (χ1) is 14.9. The lowest BCUT2D eigenvalue weighted by Crippen LogP contribution is -2.41. The number of hydrogen-bond acceptors (Lipinski definition) is 10. The second-order valence-corrected chi connectivity index (χ2v) is 6.40. The molecule has 1 aromatic carbocycles. The first kappa shape index (κ1) is 21.5. The third-order valence-corrected chi connectivity index (χ3v) is 4.37. The first-order valence-electron chi connectivity index (χ1n) is 9.20. The number of amides is 1. The van der Waals surface area contributed by atoms with E-state index in [0.29, 0.717) is 28.2 Å². The molecule has 5 N–H and O–H groups in total. The maximum absolute atomic E-state index is 12.5. The van der Waals surface area contributed by atoms with Crippen LogP contribution in [0.15, 0.2) is 30.6 Å². The van der Waals surface area contributed by atoms with Crippen molar-refractivity contribution in [2.75, 3.05) is 25.3 Å². The molecule has 2 heterocycles. The van der Waals surface area contributed by atoms with E-state index in [1.165, 1.54) is 20.5 Å². The highest BCUT2D eigenvalue weighted by Gasteiger charge is 2.23. The lowest BCUT2D eigenvalue weighted by atomic mass is 10.1. The third kappa shape index (κ3) is 5.23. The molecule has 0 unspecified atom stereocenters. The minimum Gasteiger partial charge on any atom is -0.469 e. The molecule has 0 bridgehead atoms. The van der Waals surface area contributed by atoms with Gasteiger partial charge in [0.15, 0.2) is 11.5 Å². The van der Waals surface area contributed by atoms with E-state index in [9.17, 15) is 14.4 Å². The number of nitrogens with two attached hydrogens (primary N) is 1. The summed E-state index contributed by atoms with van der Waals surface area (Å²) in [4.78, 5) is 51.0. The predicted octanol–water partition coefficient (Wildman–Crippen LogP) is 0.903. The Labute approximate surface area is 176 Å². The van der Waals surface area contributed by atoms with Crippen LogP contribution in [0.5, 0.6) is 0 Å². The Balaban J connectivity index is 1.69. The molecule has 1 amide bonds. The average molecular weight is 427 g/mol. The van der Waals surface area contributed by atoms with Crippen molar-refractivity contribution < 1.29 is 23.9 Å². The fraction of sp³-hybridized carbons (Fsp3) is 0.263. The van der Waals surface area contributed by atoms with E-state index in [1.807, 2.05) is 0 Å². The van der Waals surface area contributed by atoms with Crippen LogP contribution in [-0.2, 0) is 19.1 Å². The summed E-state index contributed by atoms with van der Waals surface area (Å²) in [7, 11) is 2.45. The van der Waals surface area contributed by atoms with E-state index in [1.54, 1.807) is 24.3 Å². The van der Waals surface area contributed by atoms with Crippen LogP contribution in [0, 0.1) is 0 Å². The SMILES string of the molecule is COC(=O)CC[C@H](NC(=O)c1ccc(Nc2nc(N)nc3nc[nH]c23)cc1)C(=O)OC. The molecule has 0 saturated heterocycles. The van der Waals surface area contributed by atoms with Gasteiger partial charge in [-0.05, 0) is 30.7 Å². The molecule has 0 aliphatic carbocycles. The zero-order chi connectivity index (χ0) is 22.4. The third-order valence-electron chi connectivity index (χ3n) is 4.37. The number of ether oxygens (including phenoxy) is 2. The highest BCUT2D eigenvalue weighted by atomic mass is 16.5. The van der Waals surface area contributed by atoms with Crippen molar-refractivity contribution in [1.29, 1.82) is 0 Å². The summed E-state index contributed by atoms with van der Waals surface area (Å²) in [5.41, 5.74) is 7.66. The van der Waals surface area contributed by atoms with Gasteiger partial charge in [-0.15, -0.1) is 0 Å². The zero-order valence-corrected chi connectivity index (χ0v) is 16.8. The smallest absolute Gasteiger partial charge is 0.328 e. The predicted molar refractivity (Wildman–Crippen MR) is 110 cm³/mol. The summed E-state index contributed by atoms with van der Waals surface area (Å²) in [5, 5.41) is 5.66. The van der Waals surface area contributed by atoms with Gasteiger partial charge in [-0.25, -0.2) is 9.78 Å². The summed E-state index contributed by atoms with van der Waals surface area (Å²) >= 11 is 0. The number of hydrogen-bond donors (Lipinski definition) is 4. The number of imidazole rings is 1. The molecule has 3 rings (SSSR count). The minimum absolute atomic E-state index is 0.0382. The second kappa shape index (κ2) is 9.52. The van der Waals surface area contributed by atoms with Crippen LogP contribution in [0.1, 0.15) is 23.2 Å². The van der Waals surface area contributed by atoms with E-state index < -0.39 is 23.9 Å². The van der Waals surface area contributed by atoms with Crippen LogP contribution >= 0.6 is 0 Å². The molecule has 0 radical (unpaired) electrons. The molecule has 162 valence electrons. The maximum Gasteiger partial charge on any atom is 0.328 e. The van der Waals surface area contributed by atoms with Gasteiger partial charge in [0.05, 0.1) is 20.5 Å². The fourth-order valence-electron chi connectivity index (χ4n) is 2.78. The molecule has 0 aliphatic heterocycles. The van der Waals surface area contributed by atoms with E-state index in [4.69, 9.17) is 10.5 Å². The van der Waals surface area contributed by atoms with E-state index in [2.05, 4.69) is 35.3 Å². The number of aromatic nitrogens is 4. The number of nitrogen functional groups attached to an aromatic ring is 1. The highest BCUT2D eigenvalue weighted by molar-refractivity contribution is 5.97. The Bertz CT molecular complexity index is 1100. The van der Waals surface area contributed by atoms with E-state index in [0.717, 1.165) is 0 Å². The number of carbonyl (C=O) groups excluding carboxylic acids is 3. The monoisotopic (exact) mass is 427 g/mol. The summed E-state index contributed by atoms with van der Waals surface area (Å²) in [5.74, 6) is -1.13. The van der Waals surface area contributed by atoms with Crippen molar-refractivity contribution in [3.05, 3.63) is 36.2 Å². The molecule has 0 fully saturated rings. The van der Waals surface area contributed by atoms with Gasteiger partial charge < -0.3 is 30.8 Å². The van der Waals surface area contributed by atoms with Crippen molar-refractivity contribution in [2.24, 2.45) is 0 Å². The number of nitrogens with zero attached hydrogens (tertiary/aromatic N) is 3. The maximum atomic E-state index is 12.5. The van der Waals surface area contributed by atoms with Gasteiger partial charge in [0.1, 0.15) is 11.6 Å². The number of esters is 2. The Morgan fingerprint density at radius 1 is 1.13 bits per heavy atom. The van der Waals surface area contributed by atoms with Crippen LogP contribution in [0.2, 0.25) is 0 Å². The zero-order valence-electron chi connectivity index (χ0n) is 16.8. The molecule has 2 aromatic heterocycles. The van der Waals surface area contributed by atoms with Crippen molar-refractivity contribution in [3.8, 4) is 0 Å². The first-order valence-corrected chi connectivity index (χ1v) is 9.20. The van der Waals surface area contributed by atoms with Gasteiger partial charge in [-0.2, -0.15) is 9.97 Å². The van der Waals surface area contributed by atoms with Gasteiger partial charge in [0.2, 0.25) is 5.95 Å². The number of carbonyl (C=O) groups is 3. The Hall–Kier alpha value is -4.22. The molecule has 31 heavy (non-hydrogen) atoms. The van der Waals surface area contributed by atoms with Gasteiger partial charge >= 0.3 is 11.9 Å². The largest absolute Gasteiger partial charge is 0.469 e. The summed E-state index contributed by atoms with van der Waals surface area (Å²) < 4.78 is 9.25. The molecule has 0 saturated carbocycles. The number of methoxy groups -OCH3 is 2. The Morgan fingerprint density at radius 2 is 1.87 bits per heavy atom. The number of anilines is 3. The minimum atomic E-state index is -0.980. The normalized spacial score (nSPS) is 11.5. The van der Waals surface area contributed by atoms with Crippen LogP contribution < -0.4 is 16.4 Å². The number of nitrogens with one attached hydrogen (secondary N) is 3. The van der Waals surface area contributed by atoms with Crippen LogP contribution in [-0.4, -0.2) is 58.0 Å². The highest BCUT2D eigenvalue weighted by Crippen LogP contribution is 2.22. The van der Waals surface area contributed by atoms with Gasteiger partial charge in [0.25, 0.3) is 5.91 Å². The van der Waals surface area contributed by atoms with Crippen molar-refractivity contribution in [1.82, 2.24) is 25.3 Å². The molecule has 0 spiro atoms. The number of benzene rings is 1. The summed E-state index contributed by atoms with van der Waals surface area (Å²) in [6.45, 7) is 0. The second-order valence-electron chi connectivity index (χ2n) is 6.40. The lowest BCUT2D eigenvalue weighted by molar-refractivity contribution is -0.144. The van der Waals surface area contributed by atoms with E-state index in [-0.39, 0.29) is 18.8 Å². The molecular weight excluding hydrogens is 406 g/mol. The van der Waals surface area contributed by atoms with Crippen LogP contribution in [0.25, 0.3) is 11.2 Å². The fourth-order valence-corrected chi connectivity index (χ4v) is 2.78. The Morgan fingerprint density at radius 3 is 2.55 bits per heavy atom. The van der Waals surface area contributed by atoms with Gasteiger partial charge in [-0.1, -0.05) is 0 Å². The number of rotatable bonds is 8. The standard InChI is InChI=1S/C19H21N7O5/c1-30-13(27)8-7-12(18(29)31-2)24-17(28)10-3-5-11(6-4-10)23-16-14-15(22-9-21-14)25-19(20)26-16/h3-6,9,12H,7-8H2,1-2H3,(H,24,28)(H4,20,21,22,23,25,26)/t12-/m0/s1. The molecule has 1 atom stereocenters. The molecule has 0 aliphatic rings. The number of H-pyrrole nitrogens is 1. The molecule has 12 nitrogen and oxygen atoms in total. The van der Waals surface area contributed by atoms with Crippen molar-refractivity contribution in [3.63, 3.8) is 0 Å². The quantitative estimate of drug-likeness (QED) is 0.378. The van der Waals surface area contributed by atoms with Gasteiger partial charge in [0, 0.05) is 17.7 Å². The summed E-state index contributed by atoms with van der Waals surface area (Å²) in [6, 6.07) is 5.49. The van der Waals surface area contributed by atoms with Crippen molar-refractivity contribution >= 4 is 46.5 Å². The number of aromatic amines is 1. The molecular formula is C19H21N7O5. The van der Waals surface area contributed by atoms with Gasteiger partial charge in [-0.3, -0.25) is 9.59 Å². The summed E-state index contributed by atoms with van der Waals surface area (Å²) in [6.07, 6.45) is 1.50. The lowest BCUT2D eigenvalue weighted by Gasteiger charge is -2.16.